The molecule has 1 rings (SSSR count). The van der Waals surface area contributed by atoms with Crippen LogP contribution < -0.4 is 10.5 Å². The van der Waals surface area contributed by atoms with Crippen molar-refractivity contribution in [1.29, 1.82) is 0 Å². The van der Waals surface area contributed by atoms with Gasteiger partial charge in [0.15, 0.2) is 0 Å². The minimum Gasteiger partial charge on any atom is -0.492 e. The predicted octanol–water partition coefficient (Wildman–Crippen LogP) is 3.48. The number of aromatic nitrogens is 1. The van der Waals surface area contributed by atoms with Gasteiger partial charge in [-0.05, 0) is 37.3 Å². The molecule has 0 radical (unpaired) electrons. The molecule has 0 aliphatic carbocycles. The molecule has 3 heteroatoms. The summed E-state index contributed by atoms with van der Waals surface area (Å²) in [6.07, 6.45) is 2.76. The summed E-state index contributed by atoms with van der Waals surface area (Å²) in [4.78, 5) is 4.57. The number of rotatable bonds is 6. The van der Waals surface area contributed by atoms with E-state index in [0.717, 1.165) is 43.0 Å². The lowest BCUT2D eigenvalue weighted by Crippen LogP contribution is -2.22. The topological polar surface area (TPSA) is 48.1 Å². The monoisotopic (exact) mass is 264 g/mol. The highest BCUT2D eigenvalue weighted by atomic mass is 16.5. The first-order chi connectivity index (χ1) is 8.81. The average molecular weight is 264 g/mol. The van der Waals surface area contributed by atoms with Crippen LogP contribution in [-0.4, -0.2) is 17.6 Å². The highest BCUT2D eigenvalue weighted by Gasteiger charge is 2.13. The molecule has 3 nitrogen and oxygen atoms in total. The van der Waals surface area contributed by atoms with Gasteiger partial charge in [-0.25, -0.2) is 0 Å². The van der Waals surface area contributed by atoms with Crippen molar-refractivity contribution >= 4 is 0 Å². The smallest absolute Gasteiger partial charge is 0.140 e. The second-order valence-corrected chi connectivity index (χ2v) is 6.43. The van der Waals surface area contributed by atoms with Crippen LogP contribution in [0, 0.1) is 12.3 Å². The van der Waals surface area contributed by atoms with Crippen molar-refractivity contribution in [3.8, 4) is 5.75 Å². The van der Waals surface area contributed by atoms with Crippen molar-refractivity contribution in [2.45, 2.75) is 59.9 Å². The van der Waals surface area contributed by atoms with E-state index in [1.54, 1.807) is 0 Å². The first-order valence-electron chi connectivity index (χ1n) is 7.16. The Morgan fingerprint density at radius 1 is 1.32 bits per heavy atom. The van der Waals surface area contributed by atoms with Crippen LogP contribution in [0.2, 0.25) is 0 Å². The Labute approximate surface area is 117 Å². The molecular formula is C16H28N2O. The van der Waals surface area contributed by atoms with E-state index in [9.17, 15) is 0 Å². The number of pyridine rings is 1. The lowest BCUT2D eigenvalue weighted by atomic mass is 9.93. The Kier molecular flexibility index (Phi) is 5.80. The number of ether oxygens (including phenoxy) is 1. The first-order valence-corrected chi connectivity index (χ1v) is 7.16. The Hall–Kier alpha value is -1.09. The van der Waals surface area contributed by atoms with Crippen LogP contribution >= 0.6 is 0 Å². The summed E-state index contributed by atoms with van der Waals surface area (Å²) < 4.78 is 5.90. The molecule has 0 aliphatic rings. The molecule has 1 aromatic rings. The van der Waals surface area contributed by atoms with E-state index in [0.29, 0.717) is 0 Å². The summed E-state index contributed by atoms with van der Waals surface area (Å²) in [5.74, 6) is 0.888. The molecule has 0 aromatic carbocycles. The van der Waals surface area contributed by atoms with Gasteiger partial charge in [-0.15, -0.1) is 0 Å². The molecule has 0 saturated heterocycles. The predicted molar refractivity (Wildman–Crippen MR) is 80.5 cm³/mol. The molecule has 0 bridgehead atoms. The summed E-state index contributed by atoms with van der Waals surface area (Å²) in [5, 5.41) is 0. The number of nitrogens with zero attached hydrogens (tertiary/aromatic N) is 1. The highest BCUT2D eigenvalue weighted by molar-refractivity contribution is 5.30. The fourth-order valence-corrected chi connectivity index (χ4v) is 1.74. The van der Waals surface area contributed by atoms with Crippen molar-refractivity contribution in [2.75, 3.05) is 6.61 Å². The molecule has 108 valence electrons. The zero-order valence-corrected chi connectivity index (χ0v) is 13.0. The van der Waals surface area contributed by atoms with E-state index in [2.05, 4.69) is 32.7 Å². The summed E-state index contributed by atoms with van der Waals surface area (Å²) in [5.41, 5.74) is 8.32. The van der Waals surface area contributed by atoms with Gasteiger partial charge in [0.2, 0.25) is 0 Å². The van der Waals surface area contributed by atoms with E-state index in [-0.39, 0.29) is 11.5 Å². The van der Waals surface area contributed by atoms with Gasteiger partial charge in [0.1, 0.15) is 5.75 Å². The van der Waals surface area contributed by atoms with E-state index >= 15 is 0 Å². The third-order valence-electron chi connectivity index (χ3n) is 3.16. The highest BCUT2D eigenvalue weighted by Crippen LogP contribution is 2.22. The van der Waals surface area contributed by atoms with Crippen LogP contribution in [0.25, 0.3) is 0 Å². The Bertz CT molecular complexity index is 396. The molecule has 0 amide bonds. The third-order valence-corrected chi connectivity index (χ3v) is 3.16. The van der Waals surface area contributed by atoms with E-state index in [1.165, 1.54) is 0 Å². The molecule has 0 spiro atoms. The lowest BCUT2D eigenvalue weighted by molar-refractivity contribution is 0.240. The average Bonchev–Trinajstić information content (AvgIpc) is 2.30. The standard InChI is InChI=1S/C16H28N2O/c1-6-13(17)11-14-15(8-7-12(2)18-14)19-10-9-16(3,4)5/h7-8,13H,6,9-11,17H2,1-5H3. The molecular weight excluding hydrogens is 236 g/mol. The van der Waals surface area contributed by atoms with Crippen molar-refractivity contribution in [1.82, 2.24) is 4.98 Å². The zero-order chi connectivity index (χ0) is 14.5. The van der Waals surface area contributed by atoms with Gasteiger partial charge >= 0.3 is 0 Å². The fraction of sp³-hybridized carbons (Fsp3) is 0.688. The van der Waals surface area contributed by atoms with Gasteiger partial charge in [0.05, 0.1) is 12.3 Å². The van der Waals surface area contributed by atoms with E-state index in [4.69, 9.17) is 10.5 Å². The number of nitrogens with two attached hydrogens (primary N) is 1. The Morgan fingerprint density at radius 3 is 2.58 bits per heavy atom. The van der Waals surface area contributed by atoms with Crippen LogP contribution in [0.15, 0.2) is 12.1 Å². The second kappa shape index (κ2) is 6.90. The van der Waals surface area contributed by atoms with Crippen LogP contribution in [0.4, 0.5) is 0 Å². The first kappa shape index (κ1) is 16.0. The maximum Gasteiger partial charge on any atom is 0.140 e. The molecule has 0 aliphatic heterocycles. The van der Waals surface area contributed by atoms with Crippen LogP contribution in [0.1, 0.15) is 51.9 Å². The second-order valence-electron chi connectivity index (χ2n) is 6.43. The minimum absolute atomic E-state index is 0.152. The van der Waals surface area contributed by atoms with E-state index < -0.39 is 0 Å². The number of hydrogen-bond donors (Lipinski definition) is 1. The summed E-state index contributed by atoms with van der Waals surface area (Å²) >= 11 is 0. The zero-order valence-electron chi connectivity index (χ0n) is 13.0. The van der Waals surface area contributed by atoms with Gasteiger partial charge in [-0.1, -0.05) is 27.7 Å². The van der Waals surface area contributed by atoms with Crippen molar-refractivity contribution in [3.63, 3.8) is 0 Å². The van der Waals surface area contributed by atoms with Gasteiger partial charge in [0, 0.05) is 18.2 Å². The maximum absolute atomic E-state index is 6.03. The molecule has 0 fully saturated rings. The SMILES string of the molecule is CCC(N)Cc1nc(C)ccc1OCCC(C)(C)C. The Morgan fingerprint density at radius 2 is 2.00 bits per heavy atom. The van der Waals surface area contributed by atoms with Crippen LogP contribution in [0.5, 0.6) is 5.75 Å². The molecule has 19 heavy (non-hydrogen) atoms. The van der Waals surface area contributed by atoms with Gasteiger partial charge in [0.25, 0.3) is 0 Å². The van der Waals surface area contributed by atoms with Crippen LogP contribution in [0.3, 0.4) is 0 Å². The Balaban J connectivity index is 2.70. The van der Waals surface area contributed by atoms with Crippen molar-refractivity contribution < 1.29 is 4.74 Å². The molecule has 1 unspecified atom stereocenters. The molecule has 0 saturated carbocycles. The lowest BCUT2D eigenvalue weighted by Gasteiger charge is -2.19. The normalized spacial score (nSPS) is 13.4. The van der Waals surface area contributed by atoms with Gasteiger partial charge in [-0.3, -0.25) is 4.98 Å². The van der Waals surface area contributed by atoms with Crippen LogP contribution in [-0.2, 0) is 6.42 Å². The summed E-state index contributed by atoms with van der Waals surface area (Å²) in [7, 11) is 0. The van der Waals surface area contributed by atoms with E-state index in [1.807, 2.05) is 19.1 Å². The van der Waals surface area contributed by atoms with Crippen molar-refractivity contribution in [2.24, 2.45) is 11.1 Å². The molecule has 2 N–H and O–H groups in total. The molecule has 1 aromatic heterocycles. The number of hydrogen-bond acceptors (Lipinski definition) is 3. The third kappa shape index (κ3) is 6.06. The fourth-order valence-electron chi connectivity index (χ4n) is 1.74. The largest absolute Gasteiger partial charge is 0.492 e. The molecule has 1 heterocycles. The van der Waals surface area contributed by atoms with Gasteiger partial charge in [-0.2, -0.15) is 0 Å². The molecule has 1 atom stereocenters. The summed E-state index contributed by atoms with van der Waals surface area (Å²) in [6.45, 7) is 11.5. The minimum atomic E-state index is 0.152. The summed E-state index contributed by atoms with van der Waals surface area (Å²) in [6, 6.07) is 4.16. The van der Waals surface area contributed by atoms with Gasteiger partial charge < -0.3 is 10.5 Å². The quantitative estimate of drug-likeness (QED) is 0.855. The number of aryl methyl sites for hydroxylation is 1. The maximum atomic E-state index is 6.03. The van der Waals surface area contributed by atoms with Crippen molar-refractivity contribution in [3.05, 3.63) is 23.5 Å².